The summed E-state index contributed by atoms with van der Waals surface area (Å²) >= 11 is 6.06. The summed E-state index contributed by atoms with van der Waals surface area (Å²) in [7, 11) is 0. The van der Waals surface area contributed by atoms with Crippen LogP contribution in [0.15, 0.2) is 24.3 Å². The van der Waals surface area contributed by atoms with Crippen LogP contribution in [0.3, 0.4) is 0 Å². The molecule has 0 bridgehead atoms. The predicted molar refractivity (Wildman–Crippen MR) is 89.9 cm³/mol. The first-order chi connectivity index (χ1) is 10.7. The number of carbonyl (C=O) groups is 1. The number of carbonyl (C=O) groups excluding carboxylic acids is 1. The van der Waals surface area contributed by atoms with Crippen molar-refractivity contribution in [1.29, 1.82) is 0 Å². The van der Waals surface area contributed by atoms with Crippen molar-refractivity contribution in [2.75, 3.05) is 26.2 Å². The highest BCUT2D eigenvalue weighted by Gasteiger charge is 2.29. The van der Waals surface area contributed by atoms with Gasteiger partial charge in [-0.3, -0.25) is 9.69 Å². The predicted octanol–water partition coefficient (Wildman–Crippen LogP) is 3.56. The van der Waals surface area contributed by atoms with Crippen LogP contribution in [0.5, 0.6) is 0 Å². The van der Waals surface area contributed by atoms with Gasteiger partial charge in [-0.2, -0.15) is 0 Å². The Kier molecular flexibility index (Phi) is 5.37. The monoisotopic (exact) mass is 320 g/mol. The largest absolute Gasteiger partial charge is 0.342 e. The third kappa shape index (κ3) is 4.02. The Morgan fingerprint density at radius 2 is 1.95 bits per heavy atom. The van der Waals surface area contributed by atoms with Crippen LogP contribution in [0.25, 0.3) is 0 Å². The lowest BCUT2D eigenvalue weighted by atomic mass is 9.95. The number of piperidine rings is 2. The second kappa shape index (κ2) is 7.47. The Morgan fingerprint density at radius 3 is 2.73 bits per heavy atom. The summed E-state index contributed by atoms with van der Waals surface area (Å²) in [6.07, 6.45) is 5.77. The van der Waals surface area contributed by atoms with Gasteiger partial charge < -0.3 is 4.90 Å². The van der Waals surface area contributed by atoms with Gasteiger partial charge in [0.25, 0.3) is 0 Å². The maximum atomic E-state index is 12.7. The van der Waals surface area contributed by atoms with Crippen molar-refractivity contribution in [2.45, 2.75) is 38.6 Å². The van der Waals surface area contributed by atoms with Crippen molar-refractivity contribution in [3.8, 4) is 0 Å². The molecule has 0 radical (unpaired) electrons. The topological polar surface area (TPSA) is 23.6 Å². The number of hydrogen-bond donors (Lipinski definition) is 0. The second-order valence-corrected chi connectivity index (χ2v) is 7.03. The van der Waals surface area contributed by atoms with Crippen molar-refractivity contribution in [3.05, 3.63) is 34.9 Å². The second-order valence-electron chi connectivity index (χ2n) is 6.59. The Balaban J connectivity index is 1.57. The number of amides is 1. The molecule has 3 nitrogen and oxygen atoms in total. The number of likely N-dealkylation sites (tertiary alicyclic amines) is 2. The Hall–Kier alpha value is -1.06. The first-order valence-electron chi connectivity index (χ1n) is 8.48. The summed E-state index contributed by atoms with van der Waals surface area (Å²) in [5.74, 6) is 0.571. The lowest BCUT2D eigenvalue weighted by Crippen LogP contribution is -2.46. The minimum absolute atomic E-state index is 0.186. The Morgan fingerprint density at radius 1 is 1.14 bits per heavy atom. The van der Waals surface area contributed by atoms with Crippen LogP contribution in [0.2, 0.25) is 5.02 Å². The molecule has 1 aromatic carbocycles. The quantitative estimate of drug-likeness (QED) is 0.850. The lowest BCUT2D eigenvalue weighted by molar-refractivity contribution is -0.138. The number of benzene rings is 1. The minimum Gasteiger partial charge on any atom is -0.342 e. The summed E-state index contributed by atoms with van der Waals surface area (Å²) in [5.41, 5.74) is 1.23. The van der Waals surface area contributed by atoms with E-state index < -0.39 is 0 Å². The fourth-order valence-corrected chi connectivity index (χ4v) is 3.88. The standard InChI is InChI=1S/C18H25ClN2O/c19-17-8-4-6-15(12-17)13-20-9-5-7-16(14-20)18(22)21-10-2-1-3-11-21/h4,6,8,12,16H,1-3,5,7,9-11,13-14H2/t16-/m0/s1. The highest BCUT2D eigenvalue weighted by Crippen LogP contribution is 2.23. The van der Waals surface area contributed by atoms with Gasteiger partial charge in [0.15, 0.2) is 0 Å². The molecular formula is C18H25ClN2O. The third-order valence-corrected chi connectivity index (χ3v) is 5.05. The summed E-state index contributed by atoms with van der Waals surface area (Å²) < 4.78 is 0. The molecule has 2 fully saturated rings. The van der Waals surface area contributed by atoms with Crippen LogP contribution in [-0.4, -0.2) is 41.9 Å². The van der Waals surface area contributed by atoms with E-state index in [0.717, 1.165) is 50.6 Å². The molecule has 1 aromatic rings. The van der Waals surface area contributed by atoms with Crippen LogP contribution in [-0.2, 0) is 11.3 Å². The van der Waals surface area contributed by atoms with E-state index in [4.69, 9.17) is 11.6 Å². The van der Waals surface area contributed by atoms with E-state index in [9.17, 15) is 4.79 Å². The van der Waals surface area contributed by atoms with Gasteiger partial charge in [0.05, 0.1) is 5.92 Å². The average molecular weight is 321 g/mol. The van der Waals surface area contributed by atoms with Crippen molar-refractivity contribution in [1.82, 2.24) is 9.80 Å². The number of nitrogens with zero attached hydrogens (tertiary/aromatic N) is 2. The molecule has 0 aromatic heterocycles. The molecule has 22 heavy (non-hydrogen) atoms. The van der Waals surface area contributed by atoms with Crippen molar-refractivity contribution >= 4 is 17.5 Å². The molecule has 0 saturated carbocycles. The van der Waals surface area contributed by atoms with Crippen LogP contribution < -0.4 is 0 Å². The van der Waals surface area contributed by atoms with Crippen molar-refractivity contribution < 1.29 is 4.79 Å². The van der Waals surface area contributed by atoms with Gasteiger partial charge in [-0.15, -0.1) is 0 Å². The van der Waals surface area contributed by atoms with Gasteiger partial charge in [0.1, 0.15) is 0 Å². The zero-order valence-corrected chi connectivity index (χ0v) is 13.9. The van der Waals surface area contributed by atoms with Crippen molar-refractivity contribution in [2.24, 2.45) is 5.92 Å². The average Bonchev–Trinajstić information content (AvgIpc) is 2.55. The SMILES string of the molecule is O=C([C@H]1CCCN(Cc2cccc(Cl)c2)C1)N1CCCCC1. The molecule has 4 heteroatoms. The van der Waals surface area contributed by atoms with Gasteiger partial charge in [-0.25, -0.2) is 0 Å². The number of hydrogen-bond acceptors (Lipinski definition) is 2. The van der Waals surface area contributed by atoms with Crippen LogP contribution in [0, 0.1) is 5.92 Å². The molecule has 0 unspecified atom stereocenters. The summed E-state index contributed by atoms with van der Waals surface area (Å²) in [6.45, 7) is 4.79. The highest BCUT2D eigenvalue weighted by molar-refractivity contribution is 6.30. The molecular weight excluding hydrogens is 296 g/mol. The van der Waals surface area contributed by atoms with E-state index in [1.54, 1.807) is 0 Å². The molecule has 1 amide bonds. The molecule has 2 heterocycles. The first kappa shape index (κ1) is 15.8. The smallest absolute Gasteiger partial charge is 0.226 e. The summed E-state index contributed by atoms with van der Waals surface area (Å²) in [5, 5.41) is 0.787. The maximum absolute atomic E-state index is 12.7. The van der Waals surface area contributed by atoms with E-state index in [2.05, 4.69) is 15.9 Å². The molecule has 0 spiro atoms. The van der Waals surface area contributed by atoms with E-state index in [1.165, 1.54) is 24.8 Å². The summed E-state index contributed by atoms with van der Waals surface area (Å²) in [4.78, 5) is 17.2. The maximum Gasteiger partial charge on any atom is 0.226 e. The molecule has 0 aliphatic carbocycles. The molecule has 2 aliphatic rings. The van der Waals surface area contributed by atoms with Gasteiger partial charge in [0, 0.05) is 31.2 Å². The molecule has 2 saturated heterocycles. The number of halogens is 1. The van der Waals surface area contributed by atoms with Gasteiger partial charge in [0.2, 0.25) is 5.91 Å². The first-order valence-corrected chi connectivity index (χ1v) is 8.86. The zero-order valence-electron chi connectivity index (χ0n) is 13.1. The van der Waals surface area contributed by atoms with Crippen LogP contribution in [0.4, 0.5) is 0 Å². The minimum atomic E-state index is 0.186. The van der Waals surface area contributed by atoms with Crippen LogP contribution >= 0.6 is 11.6 Å². The summed E-state index contributed by atoms with van der Waals surface area (Å²) in [6, 6.07) is 8.04. The molecule has 0 N–H and O–H groups in total. The molecule has 2 aliphatic heterocycles. The fourth-order valence-electron chi connectivity index (χ4n) is 3.67. The lowest BCUT2D eigenvalue weighted by Gasteiger charge is -2.36. The number of rotatable bonds is 3. The van der Waals surface area contributed by atoms with Crippen LogP contribution in [0.1, 0.15) is 37.7 Å². The molecule has 120 valence electrons. The van der Waals surface area contributed by atoms with E-state index in [0.29, 0.717) is 5.91 Å². The van der Waals surface area contributed by atoms with E-state index >= 15 is 0 Å². The Bertz CT molecular complexity index is 514. The fraction of sp³-hybridized carbons (Fsp3) is 0.611. The molecule has 1 atom stereocenters. The van der Waals surface area contributed by atoms with Gasteiger partial charge in [-0.1, -0.05) is 23.7 Å². The Labute approximate surface area is 138 Å². The normalized spacial score (nSPS) is 23.5. The van der Waals surface area contributed by atoms with Gasteiger partial charge in [-0.05, 0) is 56.3 Å². The molecule has 3 rings (SSSR count). The van der Waals surface area contributed by atoms with Gasteiger partial charge >= 0.3 is 0 Å². The van der Waals surface area contributed by atoms with E-state index in [1.807, 2.05) is 18.2 Å². The van der Waals surface area contributed by atoms with E-state index in [-0.39, 0.29) is 5.92 Å². The van der Waals surface area contributed by atoms with Crippen molar-refractivity contribution in [3.63, 3.8) is 0 Å². The highest BCUT2D eigenvalue weighted by atomic mass is 35.5. The third-order valence-electron chi connectivity index (χ3n) is 4.82. The zero-order chi connectivity index (χ0) is 15.4.